The van der Waals surface area contributed by atoms with Crippen molar-refractivity contribution in [2.75, 3.05) is 25.1 Å². The molecule has 0 aliphatic rings. The van der Waals surface area contributed by atoms with Gasteiger partial charge in [-0.15, -0.1) is 0 Å². The highest BCUT2D eigenvalue weighted by molar-refractivity contribution is 5.43. The van der Waals surface area contributed by atoms with Gasteiger partial charge in [-0.25, -0.2) is 4.98 Å². The predicted molar refractivity (Wildman–Crippen MR) is 58.4 cm³/mol. The molecule has 84 valence electrons. The highest BCUT2D eigenvalue weighted by Gasteiger charge is 2.01. The number of aromatic nitrogens is 1. The van der Waals surface area contributed by atoms with Crippen LogP contribution in [0.15, 0.2) is 18.3 Å². The maximum atomic E-state index is 12.8. The molecule has 1 heterocycles. The number of anilines is 1. The minimum absolute atomic E-state index is 0.244. The largest absolute Gasteiger partial charge is 0.396 e. The van der Waals surface area contributed by atoms with E-state index in [4.69, 9.17) is 5.11 Å². The monoisotopic (exact) mass is 212 g/mol. The van der Waals surface area contributed by atoms with E-state index >= 15 is 0 Å². The Morgan fingerprint density at radius 2 is 2.20 bits per heavy atom. The van der Waals surface area contributed by atoms with E-state index in [0.29, 0.717) is 0 Å². The lowest BCUT2D eigenvalue weighted by Crippen LogP contribution is -2.18. The molecule has 0 aliphatic carbocycles. The first-order valence-electron chi connectivity index (χ1n) is 5.17. The molecule has 1 aromatic heterocycles. The van der Waals surface area contributed by atoms with E-state index in [9.17, 15) is 4.39 Å². The Kier molecular flexibility index (Phi) is 5.04. The van der Waals surface area contributed by atoms with Gasteiger partial charge in [-0.05, 0) is 25.3 Å². The number of unbranched alkanes of at least 4 members (excludes halogenated alkanes) is 2. The molecule has 1 N–H and O–H groups in total. The fourth-order valence-corrected chi connectivity index (χ4v) is 1.40. The lowest BCUT2D eigenvalue weighted by molar-refractivity contribution is 0.283. The number of nitrogens with zero attached hydrogens (tertiary/aromatic N) is 2. The van der Waals surface area contributed by atoms with Crippen molar-refractivity contribution >= 4 is 5.69 Å². The van der Waals surface area contributed by atoms with E-state index in [1.54, 1.807) is 6.07 Å². The van der Waals surface area contributed by atoms with Gasteiger partial charge in [0.25, 0.3) is 0 Å². The molecule has 0 spiro atoms. The van der Waals surface area contributed by atoms with Crippen LogP contribution >= 0.6 is 0 Å². The van der Waals surface area contributed by atoms with Crippen LogP contribution in [0.25, 0.3) is 0 Å². The number of rotatable bonds is 6. The Bertz CT molecular complexity index is 294. The summed E-state index contributed by atoms with van der Waals surface area (Å²) in [5, 5.41) is 8.61. The second-order valence-corrected chi connectivity index (χ2v) is 3.54. The number of pyridine rings is 1. The fourth-order valence-electron chi connectivity index (χ4n) is 1.40. The van der Waals surface area contributed by atoms with Crippen molar-refractivity contribution in [3.63, 3.8) is 0 Å². The van der Waals surface area contributed by atoms with E-state index in [-0.39, 0.29) is 6.61 Å². The lowest BCUT2D eigenvalue weighted by atomic mass is 10.2. The van der Waals surface area contributed by atoms with Crippen LogP contribution in [0.2, 0.25) is 0 Å². The van der Waals surface area contributed by atoms with Crippen LogP contribution < -0.4 is 4.90 Å². The minimum atomic E-state index is -0.449. The Labute approximate surface area is 89.6 Å². The highest BCUT2D eigenvalue weighted by atomic mass is 19.1. The summed E-state index contributed by atoms with van der Waals surface area (Å²) in [6.07, 6.45) is 4.29. The molecule has 1 rings (SSSR count). The van der Waals surface area contributed by atoms with E-state index in [1.165, 1.54) is 12.3 Å². The summed E-state index contributed by atoms with van der Waals surface area (Å²) in [6, 6.07) is 3.21. The molecule has 0 bridgehead atoms. The van der Waals surface area contributed by atoms with Gasteiger partial charge >= 0.3 is 0 Å². The molecule has 1 aromatic rings. The molecular weight excluding hydrogens is 195 g/mol. The molecule has 15 heavy (non-hydrogen) atoms. The first kappa shape index (κ1) is 11.9. The van der Waals surface area contributed by atoms with Crippen LogP contribution in [-0.4, -0.2) is 30.3 Å². The van der Waals surface area contributed by atoms with Crippen LogP contribution in [-0.2, 0) is 0 Å². The summed E-state index contributed by atoms with van der Waals surface area (Å²) in [5.41, 5.74) is 0.839. The first-order chi connectivity index (χ1) is 7.24. The Morgan fingerprint density at radius 1 is 1.40 bits per heavy atom. The molecule has 4 heteroatoms. The molecule has 0 unspecified atom stereocenters. The van der Waals surface area contributed by atoms with Crippen LogP contribution in [0, 0.1) is 5.95 Å². The number of hydrogen-bond donors (Lipinski definition) is 1. The van der Waals surface area contributed by atoms with E-state index < -0.39 is 5.95 Å². The average Bonchev–Trinajstić information content (AvgIpc) is 2.24. The van der Waals surface area contributed by atoms with E-state index in [0.717, 1.165) is 31.5 Å². The smallest absolute Gasteiger partial charge is 0.214 e. The zero-order valence-corrected chi connectivity index (χ0v) is 8.99. The summed E-state index contributed by atoms with van der Waals surface area (Å²) in [6.45, 7) is 1.11. The zero-order valence-electron chi connectivity index (χ0n) is 8.99. The normalized spacial score (nSPS) is 10.3. The first-order valence-corrected chi connectivity index (χ1v) is 5.17. The van der Waals surface area contributed by atoms with Gasteiger partial charge in [0, 0.05) is 38.1 Å². The number of aliphatic hydroxyl groups excluding tert-OH is 1. The van der Waals surface area contributed by atoms with Crippen molar-refractivity contribution in [1.29, 1.82) is 0 Å². The van der Waals surface area contributed by atoms with Crippen molar-refractivity contribution in [2.45, 2.75) is 19.3 Å². The minimum Gasteiger partial charge on any atom is -0.396 e. The molecule has 0 fully saturated rings. The second-order valence-electron chi connectivity index (χ2n) is 3.54. The number of hydrogen-bond acceptors (Lipinski definition) is 3. The van der Waals surface area contributed by atoms with E-state index in [1.807, 2.05) is 11.9 Å². The quantitative estimate of drug-likeness (QED) is 0.577. The Morgan fingerprint density at radius 3 is 2.87 bits per heavy atom. The Balaban J connectivity index is 2.36. The molecule has 0 aliphatic heterocycles. The summed E-state index contributed by atoms with van der Waals surface area (Å²) < 4.78 is 12.8. The summed E-state index contributed by atoms with van der Waals surface area (Å²) in [4.78, 5) is 5.49. The van der Waals surface area contributed by atoms with Gasteiger partial charge < -0.3 is 10.0 Å². The molecule has 0 saturated carbocycles. The second kappa shape index (κ2) is 6.35. The van der Waals surface area contributed by atoms with Crippen molar-refractivity contribution in [2.24, 2.45) is 0 Å². The maximum Gasteiger partial charge on any atom is 0.214 e. The van der Waals surface area contributed by atoms with Crippen molar-refractivity contribution in [3.8, 4) is 0 Å². The molecule has 0 amide bonds. The highest BCUT2D eigenvalue weighted by Crippen LogP contribution is 2.12. The van der Waals surface area contributed by atoms with Crippen LogP contribution in [0.1, 0.15) is 19.3 Å². The van der Waals surface area contributed by atoms with Gasteiger partial charge in [0.15, 0.2) is 0 Å². The molecule has 0 aromatic carbocycles. The van der Waals surface area contributed by atoms with Crippen LogP contribution in [0.5, 0.6) is 0 Å². The SMILES string of the molecule is CN(CCCCCO)c1ccnc(F)c1. The lowest BCUT2D eigenvalue weighted by Gasteiger charge is -2.18. The average molecular weight is 212 g/mol. The third-order valence-corrected chi connectivity index (χ3v) is 2.30. The molecule has 0 atom stereocenters. The van der Waals surface area contributed by atoms with Gasteiger partial charge in [0.2, 0.25) is 5.95 Å². The van der Waals surface area contributed by atoms with Gasteiger partial charge in [0.1, 0.15) is 0 Å². The summed E-state index contributed by atoms with van der Waals surface area (Å²) >= 11 is 0. The topological polar surface area (TPSA) is 36.4 Å². The van der Waals surface area contributed by atoms with Crippen molar-refractivity contribution in [3.05, 3.63) is 24.3 Å². The molecule has 0 saturated heterocycles. The molecular formula is C11H17FN2O. The summed E-state index contributed by atoms with van der Waals surface area (Å²) in [5.74, 6) is -0.449. The van der Waals surface area contributed by atoms with Crippen LogP contribution in [0.3, 0.4) is 0 Å². The third-order valence-electron chi connectivity index (χ3n) is 2.30. The van der Waals surface area contributed by atoms with Gasteiger partial charge in [-0.2, -0.15) is 4.39 Å². The zero-order chi connectivity index (χ0) is 11.1. The Hall–Kier alpha value is -1.16. The predicted octanol–water partition coefficient (Wildman–Crippen LogP) is 1.82. The van der Waals surface area contributed by atoms with E-state index in [2.05, 4.69) is 4.98 Å². The summed E-state index contributed by atoms with van der Waals surface area (Å²) in [7, 11) is 1.92. The van der Waals surface area contributed by atoms with Gasteiger partial charge in [-0.3, -0.25) is 0 Å². The molecule has 0 radical (unpaired) electrons. The third kappa shape index (κ3) is 4.25. The van der Waals surface area contributed by atoms with Gasteiger partial charge in [0.05, 0.1) is 0 Å². The standard InChI is InChI=1S/C11H17FN2O/c1-14(7-3-2-4-8-15)10-5-6-13-11(12)9-10/h5-6,9,15H,2-4,7-8H2,1H3. The van der Waals surface area contributed by atoms with Crippen molar-refractivity contribution < 1.29 is 9.50 Å². The van der Waals surface area contributed by atoms with Gasteiger partial charge in [-0.1, -0.05) is 0 Å². The maximum absolute atomic E-state index is 12.8. The molecule has 3 nitrogen and oxygen atoms in total. The van der Waals surface area contributed by atoms with Crippen LogP contribution in [0.4, 0.5) is 10.1 Å². The number of aliphatic hydroxyl groups is 1. The van der Waals surface area contributed by atoms with Crippen molar-refractivity contribution in [1.82, 2.24) is 4.98 Å². The fraction of sp³-hybridized carbons (Fsp3) is 0.545. The number of halogens is 1.